The van der Waals surface area contributed by atoms with E-state index in [1.165, 1.54) is 27.6 Å². The van der Waals surface area contributed by atoms with Gasteiger partial charge in [0, 0.05) is 38.6 Å². The monoisotopic (exact) mass is 779 g/mol. The summed E-state index contributed by atoms with van der Waals surface area (Å²) in [4.78, 5) is 15.8. The summed E-state index contributed by atoms with van der Waals surface area (Å²) in [5.41, 5.74) is 12.9. The lowest BCUT2D eigenvalue weighted by atomic mass is 9.66. The Morgan fingerprint density at radius 2 is 0.918 bits per heavy atom. The van der Waals surface area contributed by atoms with Crippen LogP contribution in [0, 0.1) is 0 Å². The second kappa shape index (κ2) is 12.9. The Morgan fingerprint density at radius 3 is 1.69 bits per heavy atom. The van der Waals surface area contributed by atoms with E-state index in [-0.39, 0.29) is 0 Å². The van der Waals surface area contributed by atoms with Crippen molar-refractivity contribution in [2.75, 3.05) is 0 Å². The van der Waals surface area contributed by atoms with Gasteiger partial charge >= 0.3 is 0 Å². The maximum absolute atomic E-state index is 6.76. The first-order chi connectivity index (χ1) is 30.2. The minimum Gasteiger partial charge on any atom is -0.457 e. The smallest absolute Gasteiger partial charge is 0.164 e. The van der Waals surface area contributed by atoms with Gasteiger partial charge in [-0.1, -0.05) is 158 Å². The summed E-state index contributed by atoms with van der Waals surface area (Å²) < 4.78 is 13.3. The van der Waals surface area contributed by atoms with E-state index in [2.05, 4.69) is 170 Å². The molecule has 0 bridgehead atoms. The van der Waals surface area contributed by atoms with Gasteiger partial charge in [0.1, 0.15) is 22.7 Å². The summed E-state index contributed by atoms with van der Waals surface area (Å²) in [6, 6.07) is 70.0. The SMILES string of the molecule is c1ccc(-c2nc(-c3ccc4c(c3)C3(c5ccccc5O4)c4ccccc4-c4ccccc43)nc(-c3ccccc3-c3cccc4oc5cc6ccccc6cc5c34)n2)cc1. The van der Waals surface area contributed by atoms with Crippen LogP contribution in [0.5, 0.6) is 11.5 Å². The van der Waals surface area contributed by atoms with Gasteiger partial charge in [-0.15, -0.1) is 0 Å². The number of aromatic nitrogens is 3. The molecule has 9 aromatic carbocycles. The van der Waals surface area contributed by atoms with E-state index < -0.39 is 5.41 Å². The van der Waals surface area contributed by atoms with Crippen molar-refractivity contribution in [2.45, 2.75) is 5.41 Å². The van der Waals surface area contributed by atoms with Crippen LogP contribution in [0.15, 0.2) is 205 Å². The van der Waals surface area contributed by atoms with Crippen molar-refractivity contribution in [3.05, 3.63) is 222 Å². The molecule has 0 fully saturated rings. The number of nitrogens with zero attached hydrogens (tertiary/aromatic N) is 3. The van der Waals surface area contributed by atoms with Crippen LogP contribution in [0.3, 0.4) is 0 Å². The minimum absolute atomic E-state index is 0.577. The van der Waals surface area contributed by atoms with Crippen molar-refractivity contribution in [1.29, 1.82) is 0 Å². The van der Waals surface area contributed by atoms with Gasteiger partial charge in [0.05, 0.1) is 5.41 Å². The average molecular weight is 780 g/mol. The summed E-state index contributed by atoms with van der Waals surface area (Å²) >= 11 is 0. The molecule has 5 heteroatoms. The van der Waals surface area contributed by atoms with Gasteiger partial charge < -0.3 is 9.15 Å². The number of para-hydroxylation sites is 1. The molecule has 0 N–H and O–H groups in total. The second-order valence-electron chi connectivity index (χ2n) is 15.8. The molecule has 13 rings (SSSR count). The molecule has 0 unspecified atom stereocenters. The molecule has 0 radical (unpaired) electrons. The standard InChI is InChI=1S/C56H33N3O2/c1-2-15-34(16-3-1)53-57-54(37-29-30-49-47(32-37)56(46-26-12-13-27-48(46)60-49)44-24-10-8-20-39(44)40-21-9-11-25-45(40)56)59-55(58-53)42-22-7-6-19-38(42)41-23-14-28-50-52(41)43-31-35-17-4-5-18-36(35)33-51(43)61-50/h1-33H. The van der Waals surface area contributed by atoms with E-state index in [1.807, 2.05) is 30.3 Å². The van der Waals surface area contributed by atoms with Crippen molar-refractivity contribution in [2.24, 2.45) is 0 Å². The molecule has 0 amide bonds. The van der Waals surface area contributed by atoms with Crippen LogP contribution in [0.25, 0.3) is 89.1 Å². The lowest BCUT2D eigenvalue weighted by molar-refractivity contribution is 0.436. The Labute approximate surface area is 351 Å². The molecule has 1 aliphatic carbocycles. The molecule has 11 aromatic rings. The van der Waals surface area contributed by atoms with Crippen LogP contribution in [0.2, 0.25) is 0 Å². The molecule has 0 atom stereocenters. The Morgan fingerprint density at radius 1 is 0.344 bits per heavy atom. The van der Waals surface area contributed by atoms with Crippen LogP contribution >= 0.6 is 0 Å². The Hall–Kier alpha value is -8.15. The average Bonchev–Trinajstić information content (AvgIpc) is 3.84. The quantitative estimate of drug-likeness (QED) is 0.178. The van der Waals surface area contributed by atoms with Crippen LogP contribution in [-0.4, -0.2) is 15.0 Å². The number of fused-ring (bicyclic) bond motifs is 13. The van der Waals surface area contributed by atoms with Gasteiger partial charge in [-0.2, -0.15) is 0 Å². The summed E-state index contributed by atoms with van der Waals surface area (Å²) in [5.74, 6) is 3.42. The molecular weight excluding hydrogens is 747 g/mol. The molecule has 3 heterocycles. The van der Waals surface area contributed by atoms with Gasteiger partial charge in [-0.3, -0.25) is 0 Å². The van der Waals surface area contributed by atoms with E-state index >= 15 is 0 Å². The Kier molecular flexibility index (Phi) is 7.16. The number of furan rings is 1. The van der Waals surface area contributed by atoms with E-state index in [0.29, 0.717) is 17.5 Å². The Bertz CT molecular complexity index is 3540. The highest BCUT2D eigenvalue weighted by atomic mass is 16.5. The van der Waals surface area contributed by atoms with Crippen molar-refractivity contribution < 1.29 is 9.15 Å². The van der Waals surface area contributed by atoms with Crippen molar-refractivity contribution in [1.82, 2.24) is 15.0 Å². The van der Waals surface area contributed by atoms with Gasteiger partial charge in [-0.25, -0.2) is 15.0 Å². The maximum atomic E-state index is 6.76. The molecular formula is C56H33N3O2. The highest BCUT2D eigenvalue weighted by Crippen LogP contribution is 2.62. The van der Waals surface area contributed by atoms with Gasteiger partial charge in [0.25, 0.3) is 0 Å². The molecule has 1 aliphatic heterocycles. The molecule has 2 aromatic heterocycles. The molecule has 0 saturated heterocycles. The van der Waals surface area contributed by atoms with E-state index in [0.717, 1.165) is 77.8 Å². The van der Waals surface area contributed by atoms with Crippen molar-refractivity contribution in [3.63, 3.8) is 0 Å². The predicted octanol–water partition coefficient (Wildman–Crippen LogP) is 14.1. The number of ether oxygens (including phenoxy) is 1. The van der Waals surface area contributed by atoms with E-state index in [9.17, 15) is 0 Å². The zero-order valence-electron chi connectivity index (χ0n) is 32.7. The summed E-state index contributed by atoms with van der Waals surface area (Å²) in [6.07, 6.45) is 0. The number of rotatable bonds is 4. The van der Waals surface area contributed by atoms with E-state index in [1.54, 1.807) is 0 Å². The molecule has 1 spiro atoms. The molecule has 5 nitrogen and oxygen atoms in total. The third-order valence-corrected chi connectivity index (χ3v) is 12.6. The largest absolute Gasteiger partial charge is 0.457 e. The topological polar surface area (TPSA) is 61.0 Å². The van der Waals surface area contributed by atoms with Crippen molar-refractivity contribution in [3.8, 4) is 67.9 Å². The third kappa shape index (κ3) is 4.92. The lowest BCUT2D eigenvalue weighted by Crippen LogP contribution is -2.32. The highest BCUT2D eigenvalue weighted by molar-refractivity contribution is 6.16. The summed E-state index contributed by atoms with van der Waals surface area (Å²) in [7, 11) is 0. The van der Waals surface area contributed by atoms with Crippen LogP contribution in [0.4, 0.5) is 0 Å². The fraction of sp³-hybridized carbons (Fsp3) is 0.0179. The van der Waals surface area contributed by atoms with Crippen molar-refractivity contribution >= 4 is 32.7 Å². The molecule has 61 heavy (non-hydrogen) atoms. The first-order valence-corrected chi connectivity index (χ1v) is 20.6. The zero-order valence-corrected chi connectivity index (χ0v) is 32.7. The summed E-state index contributed by atoms with van der Waals surface area (Å²) in [6.45, 7) is 0. The molecule has 0 saturated carbocycles. The van der Waals surface area contributed by atoms with Crippen LogP contribution in [0.1, 0.15) is 22.3 Å². The number of hydrogen-bond acceptors (Lipinski definition) is 5. The van der Waals surface area contributed by atoms with Gasteiger partial charge in [0.15, 0.2) is 17.5 Å². The fourth-order valence-corrected chi connectivity index (χ4v) is 9.99. The molecule has 284 valence electrons. The fourth-order valence-electron chi connectivity index (χ4n) is 9.99. The first kappa shape index (κ1) is 33.8. The third-order valence-electron chi connectivity index (χ3n) is 12.6. The van der Waals surface area contributed by atoms with Gasteiger partial charge in [0.2, 0.25) is 0 Å². The number of hydrogen-bond donors (Lipinski definition) is 0. The second-order valence-corrected chi connectivity index (χ2v) is 15.8. The lowest BCUT2D eigenvalue weighted by Gasteiger charge is -2.39. The molecule has 2 aliphatic rings. The normalized spacial score (nSPS) is 13.2. The Balaban J connectivity index is 1.04. The summed E-state index contributed by atoms with van der Waals surface area (Å²) in [5, 5.41) is 4.45. The van der Waals surface area contributed by atoms with Crippen LogP contribution < -0.4 is 4.74 Å². The number of benzene rings is 9. The predicted molar refractivity (Wildman–Crippen MR) is 244 cm³/mol. The van der Waals surface area contributed by atoms with E-state index in [4.69, 9.17) is 24.1 Å². The first-order valence-electron chi connectivity index (χ1n) is 20.6. The minimum atomic E-state index is -0.616. The highest BCUT2D eigenvalue weighted by Gasteiger charge is 2.51. The zero-order chi connectivity index (χ0) is 40.1. The van der Waals surface area contributed by atoms with Crippen LogP contribution in [-0.2, 0) is 5.41 Å². The maximum Gasteiger partial charge on any atom is 0.164 e. The van der Waals surface area contributed by atoms with Gasteiger partial charge in [-0.05, 0) is 86.6 Å².